The number of hydrogen-bond donors (Lipinski definition) is 1. The molecule has 0 atom stereocenters. The van der Waals surface area contributed by atoms with Crippen LogP contribution in [0.3, 0.4) is 0 Å². The Hall–Kier alpha value is -2.33. The zero-order valence-electron chi connectivity index (χ0n) is 11.8. The van der Waals surface area contributed by atoms with Crippen LogP contribution in [0.4, 0.5) is 5.69 Å². The first-order chi connectivity index (χ1) is 10.7. The van der Waals surface area contributed by atoms with Crippen LogP contribution in [-0.4, -0.2) is 12.5 Å². The van der Waals surface area contributed by atoms with Crippen LogP contribution in [0.2, 0.25) is 0 Å². The number of carbonyl (C=O) groups is 1. The van der Waals surface area contributed by atoms with Crippen molar-refractivity contribution in [1.29, 1.82) is 0 Å². The maximum absolute atomic E-state index is 12.0. The number of carbonyl (C=O) groups excluding carboxylic acids is 1. The van der Waals surface area contributed by atoms with Gasteiger partial charge in [0.15, 0.2) is 6.61 Å². The van der Waals surface area contributed by atoms with Gasteiger partial charge in [-0.05, 0) is 51.0 Å². The summed E-state index contributed by atoms with van der Waals surface area (Å²) in [4.78, 5) is 12.0. The van der Waals surface area contributed by atoms with Crippen molar-refractivity contribution < 1.29 is 9.53 Å². The van der Waals surface area contributed by atoms with Crippen LogP contribution in [0.5, 0.6) is 5.75 Å². The Kier molecular flexibility index (Phi) is 4.39. The molecule has 22 heavy (non-hydrogen) atoms. The van der Waals surface area contributed by atoms with Crippen LogP contribution in [0, 0.1) is 0 Å². The number of para-hydroxylation sites is 1. The predicted octanol–water partition coefficient (Wildman–Crippen LogP) is 4.62. The lowest BCUT2D eigenvalue weighted by Crippen LogP contribution is -2.20. The minimum Gasteiger partial charge on any atom is -0.483 e. The molecule has 0 heterocycles. The van der Waals surface area contributed by atoms with E-state index in [2.05, 4.69) is 21.2 Å². The summed E-state index contributed by atoms with van der Waals surface area (Å²) >= 11 is 3.38. The van der Waals surface area contributed by atoms with E-state index in [1.807, 2.05) is 66.7 Å². The minimum atomic E-state index is -0.189. The van der Waals surface area contributed by atoms with Crippen molar-refractivity contribution in [1.82, 2.24) is 0 Å². The highest BCUT2D eigenvalue weighted by Crippen LogP contribution is 2.24. The summed E-state index contributed by atoms with van der Waals surface area (Å²) in [6.07, 6.45) is 0. The van der Waals surface area contributed by atoms with Gasteiger partial charge in [0, 0.05) is 5.69 Å². The molecule has 0 saturated heterocycles. The molecule has 1 N–H and O–H groups in total. The monoisotopic (exact) mass is 355 g/mol. The third kappa shape index (κ3) is 3.46. The second kappa shape index (κ2) is 6.62. The summed E-state index contributed by atoms with van der Waals surface area (Å²) in [5.74, 6) is 0.460. The SMILES string of the molecule is O=C(COc1ccccc1Br)Nc1ccc2ccccc2c1. The van der Waals surface area contributed by atoms with Crippen LogP contribution >= 0.6 is 15.9 Å². The van der Waals surface area contributed by atoms with Crippen molar-refractivity contribution in [2.24, 2.45) is 0 Å². The van der Waals surface area contributed by atoms with E-state index < -0.39 is 0 Å². The maximum Gasteiger partial charge on any atom is 0.262 e. The topological polar surface area (TPSA) is 38.3 Å². The number of fused-ring (bicyclic) bond motifs is 1. The summed E-state index contributed by atoms with van der Waals surface area (Å²) in [7, 11) is 0. The Morgan fingerprint density at radius 2 is 1.68 bits per heavy atom. The van der Waals surface area contributed by atoms with Crippen molar-refractivity contribution in [2.45, 2.75) is 0 Å². The summed E-state index contributed by atoms with van der Waals surface area (Å²) in [6, 6.07) is 21.3. The summed E-state index contributed by atoms with van der Waals surface area (Å²) < 4.78 is 6.33. The van der Waals surface area contributed by atoms with Crippen LogP contribution in [-0.2, 0) is 4.79 Å². The molecule has 0 aliphatic carbocycles. The molecule has 0 aliphatic heterocycles. The van der Waals surface area contributed by atoms with Gasteiger partial charge in [0.2, 0.25) is 0 Å². The molecule has 0 fully saturated rings. The molecule has 0 bridgehead atoms. The quantitative estimate of drug-likeness (QED) is 0.741. The molecule has 3 rings (SSSR count). The van der Waals surface area contributed by atoms with Crippen molar-refractivity contribution in [2.75, 3.05) is 11.9 Å². The molecule has 0 spiro atoms. The lowest BCUT2D eigenvalue weighted by molar-refractivity contribution is -0.118. The number of nitrogens with one attached hydrogen (secondary N) is 1. The standard InChI is InChI=1S/C18H14BrNO2/c19-16-7-3-4-8-17(16)22-12-18(21)20-15-10-9-13-5-1-2-6-14(13)11-15/h1-11H,12H2,(H,20,21). The van der Waals surface area contributed by atoms with E-state index in [0.29, 0.717) is 5.75 Å². The smallest absolute Gasteiger partial charge is 0.262 e. The molecule has 3 aromatic carbocycles. The largest absolute Gasteiger partial charge is 0.483 e. The van der Waals surface area contributed by atoms with E-state index in [1.54, 1.807) is 0 Å². The molecule has 3 aromatic rings. The first-order valence-corrected chi connectivity index (χ1v) is 7.68. The first kappa shape index (κ1) is 14.6. The van der Waals surface area contributed by atoms with Crippen molar-refractivity contribution in [3.05, 3.63) is 71.2 Å². The fraction of sp³-hybridized carbons (Fsp3) is 0.0556. The number of halogens is 1. The summed E-state index contributed by atoms with van der Waals surface area (Å²) in [5.41, 5.74) is 0.763. The van der Waals surface area contributed by atoms with Crippen LogP contribution in [0.25, 0.3) is 10.8 Å². The molecule has 0 aliphatic rings. The molecule has 1 amide bonds. The molecule has 110 valence electrons. The van der Waals surface area contributed by atoms with Crippen LogP contribution in [0.15, 0.2) is 71.2 Å². The zero-order chi connectivity index (χ0) is 15.4. The van der Waals surface area contributed by atoms with Gasteiger partial charge in [-0.1, -0.05) is 42.5 Å². The number of benzene rings is 3. The Bertz CT molecular complexity index is 817. The highest BCUT2D eigenvalue weighted by molar-refractivity contribution is 9.10. The molecule has 0 saturated carbocycles. The number of amides is 1. The first-order valence-electron chi connectivity index (χ1n) is 6.88. The Morgan fingerprint density at radius 1 is 0.955 bits per heavy atom. The van der Waals surface area contributed by atoms with Gasteiger partial charge < -0.3 is 10.1 Å². The van der Waals surface area contributed by atoms with Gasteiger partial charge in [-0.3, -0.25) is 4.79 Å². The van der Waals surface area contributed by atoms with Crippen molar-refractivity contribution >= 4 is 38.3 Å². The molecule has 4 heteroatoms. The van der Waals surface area contributed by atoms with Gasteiger partial charge in [0.1, 0.15) is 5.75 Å². The van der Waals surface area contributed by atoms with Gasteiger partial charge in [0.05, 0.1) is 4.47 Å². The van der Waals surface area contributed by atoms with Gasteiger partial charge in [-0.2, -0.15) is 0 Å². The summed E-state index contributed by atoms with van der Waals surface area (Å²) in [5, 5.41) is 5.08. The maximum atomic E-state index is 12.0. The predicted molar refractivity (Wildman–Crippen MR) is 92.2 cm³/mol. The number of ether oxygens (including phenoxy) is 1. The highest BCUT2D eigenvalue weighted by atomic mass is 79.9. The van der Waals surface area contributed by atoms with Crippen LogP contribution in [0.1, 0.15) is 0 Å². The van der Waals surface area contributed by atoms with E-state index in [0.717, 1.165) is 20.9 Å². The van der Waals surface area contributed by atoms with Gasteiger partial charge in [0.25, 0.3) is 5.91 Å². The highest BCUT2D eigenvalue weighted by Gasteiger charge is 2.06. The van der Waals surface area contributed by atoms with E-state index >= 15 is 0 Å². The van der Waals surface area contributed by atoms with E-state index in [4.69, 9.17) is 4.74 Å². The van der Waals surface area contributed by atoms with Gasteiger partial charge in [-0.25, -0.2) is 0 Å². The minimum absolute atomic E-state index is 0.0323. The second-order valence-electron chi connectivity index (χ2n) is 4.83. The lowest BCUT2D eigenvalue weighted by Gasteiger charge is -2.09. The molecule has 0 radical (unpaired) electrons. The van der Waals surface area contributed by atoms with E-state index in [1.165, 1.54) is 0 Å². The van der Waals surface area contributed by atoms with Gasteiger partial charge >= 0.3 is 0 Å². The van der Waals surface area contributed by atoms with E-state index in [9.17, 15) is 4.79 Å². The van der Waals surface area contributed by atoms with Gasteiger partial charge in [-0.15, -0.1) is 0 Å². The Morgan fingerprint density at radius 3 is 2.50 bits per heavy atom. The third-order valence-corrected chi connectivity index (χ3v) is 3.88. The molecule has 0 unspecified atom stereocenters. The summed E-state index contributed by atoms with van der Waals surface area (Å²) in [6.45, 7) is -0.0323. The second-order valence-corrected chi connectivity index (χ2v) is 5.68. The fourth-order valence-corrected chi connectivity index (χ4v) is 2.57. The molecule has 3 nitrogen and oxygen atoms in total. The fourth-order valence-electron chi connectivity index (χ4n) is 2.17. The Labute approximate surface area is 137 Å². The average Bonchev–Trinajstić information content (AvgIpc) is 2.54. The number of rotatable bonds is 4. The zero-order valence-corrected chi connectivity index (χ0v) is 13.3. The average molecular weight is 356 g/mol. The normalized spacial score (nSPS) is 10.4. The third-order valence-electron chi connectivity index (χ3n) is 3.23. The molecule has 0 aromatic heterocycles. The van der Waals surface area contributed by atoms with Crippen molar-refractivity contribution in [3.8, 4) is 5.75 Å². The van der Waals surface area contributed by atoms with Crippen molar-refractivity contribution in [3.63, 3.8) is 0 Å². The number of hydrogen-bond acceptors (Lipinski definition) is 2. The Balaban J connectivity index is 1.64. The lowest BCUT2D eigenvalue weighted by atomic mass is 10.1. The number of anilines is 1. The molecular weight excluding hydrogens is 342 g/mol. The van der Waals surface area contributed by atoms with E-state index in [-0.39, 0.29) is 12.5 Å². The van der Waals surface area contributed by atoms with Crippen LogP contribution < -0.4 is 10.1 Å². The molecular formula is C18H14BrNO2.